The third kappa shape index (κ3) is 43.2. The first-order valence-electron chi connectivity index (χ1n) is 34.2. The lowest BCUT2D eigenvalue weighted by molar-refractivity contribution is -0.145. The summed E-state index contributed by atoms with van der Waals surface area (Å²) in [4.78, 5) is 162. The Labute approximate surface area is 566 Å². The molecule has 27 nitrogen and oxygen atoms in total. The van der Waals surface area contributed by atoms with Gasteiger partial charge in [-0.2, -0.15) is 0 Å². The van der Waals surface area contributed by atoms with Crippen molar-refractivity contribution in [3.63, 3.8) is 0 Å². The van der Waals surface area contributed by atoms with Crippen LogP contribution in [0.5, 0.6) is 0 Å². The van der Waals surface area contributed by atoms with Gasteiger partial charge in [0.2, 0.25) is 29.5 Å². The molecule has 546 valence electrons. The highest BCUT2D eigenvalue weighted by molar-refractivity contribution is 5.97. The summed E-state index contributed by atoms with van der Waals surface area (Å²) >= 11 is 0. The minimum absolute atomic E-state index is 0.185. The first-order valence-corrected chi connectivity index (χ1v) is 34.2. The van der Waals surface area contributed by atoms with Gasteiger partial charge >= 0.3 is 11.9 Å². The SMILES string of the molecule is CCCCNC(=O)C(CC(=O)CC(CC(=O)C(CC(=O)CC(CC)C(=O)N(C)CCN(C)CCN(C)CCC(=O)OCCN(C)C)CC(=O)N(C)CCN(C)CCN(C)CCC(=O)OCCN(C)C)C(=O)N(C)CCN(C)CCNC)CC(=O)N(C)CCN(C)CCNC. The number of amides is 5. The number of rotatable bonds is 58. The first-order chi connectivity index (χ1) is 44.4. The number of Topliss-reactive ketones (excluding diaryl/α,β-unsaturated/α-hetero) is 3. The number of hydrogen-bond donors (Lipinski definition) is 3. The van der Waals surface area contributed by atoms with Crippen LogP contribution in [0.15, 0.2) is 0 Å². The average Bonchev–Trinajstić information content (AvgIpc) is 0.913. The van der Waals surface area contributed by atoms with E-state index >= 15 is 4.79 Å². The largest absolute Gasteiger partial charge is 0.464 e. The lowest BCUT2D eigenvalue weighted by atomic mass is 9.83. The number of unbranched alkanes of at least 4 members (excludes halogenated alkanes) is 1. The van der Waals surface area contributed by atoms with Crippen LogP contribution in [0.4, 0.5) is 0 Å². The maximum atomic E-state index is 15.1. The van der Waals surface area contributed by atoms with Crippen molar-refractivity contribution in [1.29, 1.82) is 0 Å². The van der Waals surface area contributed by atoms with Gasteiger partial charge in [0.15, 0.2) is 0 Å². The Kier molecular flexibility index (Phi) is 49.3. The van der Waals surface area contributed by atoms with Crippen molar-refractivity contribution in [2.45, 2.75) is 90.9 Å². The molecule has 0 radical (unpaired) electrons. The summed E-state index contributed by atoms with van der Waals surface area (Å²) < 4.78 is 10.6. The molecule has 27 heteroatoms. The van der Waals surface area contributed by atoms with Crippen molar-refractivity contribution in [1.82, 2.24) is 74.7 Å². The fourth-order valence-electron chi connectivity index (χ4n) is 9.88. The standard InChI is InChI=1S/C67H131N15O12/c1-19-21-24-70-65(90)56(53-62(87)80(16)39-35-75(11)29-25-68-3)49-59(84)50-57(67(92)82(18)41-37-76(12)30-26-69-4)51-60(85)55(52-61(86)79(15)40-36-77(13)33-31-73(9)27-22-63(88)93-45-43-71(5)6)48-58(83)47-54(20-2)66(91)81(17)42-38-78(14)34-32-74(10)28-23-64(89)94-46-44-72(7)8/h54-57,68-69H,19-53H2,1-18H3,(H,70,90). The maximum absolute atomic E-state index is 15.1. The Morgan fingerprint density at radius 3 is 1.09 bits per heavy atom. The summed E-state index contributed by atoms with van der Waals surface area (Å²) in [5.74, 6) is -8.04. The third-order valence-corrected chi connectivity index (χ3v) is 17.1. The summed E-state index contributed by atoms with van der Waals surface area (Å²) in [7, 11) is 29.6. The van der Waals surface area contributed by atoms with E-state index in [1.807, 2.05) is 118 Å². The molecule has 0 saturated carbocycles. The van der Waals surface area contributed by atoms with Crippen molar-refractivity contribution < 1.29 is 57.4 Å². The average molecular weight is 1340 g/mol. The van der Waals surface area contributed by atoms with Crippen molar-refractivity contribution in [2.24, 2.45) is 23.7 Å². The molecule has 5 amide bonds. The summed E-state index contributed by atoms with van der Waals surface area (Å²) in [6, 6.07) is 0. The van der Waals surface area contributed by atoms with Crippen LogP contribution in [0, 0.1) is 23.7 Å². The predicted octanol–water partition coefficient (Wildman–Crippen LogP) is 0.0685. The van der Waals surface area contributed by atoms with Gasteiger partial charge in [0.05, 0.1) is 24.7 Å². The Morgan fingerprint density at radius 1 is 0.351 bits per heavy atom. The molecule has 4 atom stereocenters. The van der Waals surface area contributed by atoms with Crippen LogP contribution in [0.25, 0.3) is 0 Å². The molecule has 0 aliphatic heterocycles. The molecular formula is C67H131N15O12. The quantitative estimate of drug-likeness (QED) is 0.0537. The molecule has 0 fully saturated rings. The van der Waals surface area contributed by atoms with Gasteiger partial charge in [-0.3, -0.25) is 47.9 Å². The monoisotopic (exact) mass is 1340 g/mol. The molecule has 94 heavy (non-hydrogen) atoms. The number of nitrogens with one attached hydrogen (secondary N) is 3. The molecule has 0 aliphatic rings. The summed E-state index contributed by atoms with van der Waals surface area (Å²) in [6.07, 6.45) is -0.0837. The zero-order valence-electron chi connectivity index (χ0n) is 61.8. The van der Waals surface area contributed by atoms with Crippen molar-refractivity contribution in [3.8, 4) is 0 Å². The van der Waals surface area contributed by atoms with Gasteiger partial charge in [0.25, 0.3) is 0 Å². The van der Waals surface area contributed by atoms with E-state index in [0.717, 1.165) is 19.5 Å². The Bertz CT molecular complexity index is 2200. The highest BCUT2D eigenvalue weighted by Crippen LogP contribution is 2.26. The lowest BCUT2D eigenvalue weighted by Gasteiger charge is -2.28. The highest BCUT2D eigenvalue weighted by Gasteiger charge is 2.36. The van der Waals surface area contributed by atoms with E-state index in [1.54, 1.807) is 38.0 Å². The van der Waals surface area contributed by atoms with E-state index in [1.165, 1.54) is 9.80 Å². The third-order valence-electron chi connectivity index (χ3n) is 17.1. The van der Waals surface area contributed by atoms with Crippen LogP contribution >= 0.6 is 0 Å². The number of carbonyl (C=O) groups is 10. The van der Waals surface area contributed by atoms with E-state index in [4.69, 9.17) is 9.47 Å². The van der Waals surface area contributed by atoms with Gasteiger partial charge < -0.3 is 84.2 Å². The second kappa shape index (κ2) is 52.1. The van der Waals surface area contributed by atoms with Gasteiger partial charge in [-0.25, -0.2) is 0 Å². The van der Waals surface area contributed by atoms with E-state index < -0.39 is 71.6 Å². The summed E-state index contributed by atoms with van der Waals surface area (Å²) in [6.45, 7) is 16.2. The maximum Gasteiger partial charge on any atom is 0.307 e. The minimum Gasteiger partial charge on any atom is -0.464 e. The zero-order chi connectivity index (χ0) is 71.3. The molecule has 0 bridgehead atoms. The minimum atomic E-state index is -1.23. The van der Waals surface area contributed by atoms with Gasteiger partial charge in [-0.1, -0.05) is 20.3 Å². The molecule has 0 saturated heterocycles. The molecule has 0 aromatic rings. The molecule has 0 heterocycles. The van der Waals surface area contributed by atoms with Crippen LogP contribution in [0.3, 0.4) is 0 Å². The normalized spacial score (nSPS) is 13.0. The van der Waals surface area contributed by atoms with Crippen LogP contribution < -0.4 is 16.0 Å². The highest BCUT2D eigenvalue weighted by atomic mass is 16.5. The van der Waals surface area contributed by atoms with E-state index in [2.05, 4.69) is 35.6 Å². The van der Waals surface area contributed by atoms with E-state index in [-0.39, 0.29) is 81.8 Å². The molecule has 3 N–H and O–H groups in total. The molecule has 0 spiro atoms. The van der Waals surface area contributed by atoms with Crippen LogP contribution in [-0.2, 0) is 57.4 Å². The first kappa shape index (κ1) is 88.9. The Hall–Kier alpha value is -5.10. The lowest BCUT2D eigenvalue weighted by Crippen LogP contribution is -2.42. The smallest absolute Gasteiger partial charge is 0.307 e. The molecule has 0 aliphatic carbocycles. The van der Waals surface area contributed by atoms with Crippen LogP contribution in [0.1, 0.15) is 90.9 Å². The van der Waals surface area contributed by atoms with E-state index in [9.17, 15) is 43.2 Å². The number of nitrogens with zero attached hydrogens (tertiary/aromatic N) is 12. The molecule has 0 aromatic carbocycles. The van der Waals surface area contributed by atoms with Gasteiger partial charge in [0, 0.05) is 222 Å². The predicted molar refractivity (Wildman–Crippen MR) is 371 cm³/mol. The van der Waals surface area contributed by atoms with Crippen molar-refractivity contribution >= 4 is 58.8 Å². The summed E-state index contributed by atoms with van der Waals surface area (Å²) in [5, 5.41) is 9.13. The van der Waals surface area contributed by atoms with Crippen LogP contribution in [0.2, 0.25) is 0 Å². The summed E-state index contributed by atoms with van der Waals surface area (Å²) in [5.41, 5.74) is 0. The fraction of sp³-hybridized carbons (Fsp3) is 0.851. The van der Waals surface area contributed by atoms with Gasteiger partial charge in [0.1, 0.15) is 30.6 Å². The zero-order valence-corrected chi connectivity index (χ0v) is 61.8. The van der Waals surface area contributed by atoms with Crippen molar-refractivity contribution in [3.05, 3.63) is 0 Å². The topological polar surface area (TPSA) is 264 Å². The number of hydrogen-bond acceptors (Lipinski definition) is 22. The van der Waals surface area contributed by atoms with Gasteiger partial charge in [-0.15, -0.1) is 0 Å². The number of ether oxygens (including phenoxy) is 2. The molecule has 0 rings (SSSR count). The molecule has 0 aromatic heterocycles. The second-order valence-corrected chi connectivity index (χ2v) is 26.5. The van der Waals surface area contributed by atoms with Gasteiger partial charge in [-0.05, 0) is 97.4 Å². The number of ketones is 3. The number of likely N-dealkylation sites (N-methyl/N-ethyl adjacent to an activating group) is 14. The molecule has 4 unspecified atom stereocenters. The number of esters is 2. The Balaban J connectivity index is 6.88. The van der Waals surface area contributed by atoms with Crippen molar-refractivity contribution in [2.75, 3.05) is 263 Å². The fourth-order valence-corrected chi connectivity index (χ4v) is 9.88. The molecular weight excluding hydrogens is 1210 g/mol. The van der Waals surface area contributed by atoms with E-state index in [0.29, 0.717) is 137 Å². The Morgan fingerprint density at radius 2 is 0.691 bits per heavy atom. The number of carbonyl (C=O) groups excluding carboxylic acids is 10. The second-order valence-electron chi connectivity index (χ2n) is 26.5. The van der Waals surface area contributed by atoms with Crippen LogP contribution in [-0.4, -0.2) is 381 Å².